The SMILES string of the molecule is Cc1cccc(CSCC(=O)N(Cc2ccccc2F)[C@@H](Cc2ccccc2)C(=O)NCC(C)C)c1. The molecule has 0 spiro atoms. The molecule has 1 atom stereocenters. The van der Waals surface area contributed by atoms with E-state index in [1.807, 2.05) is 69.3 Å². The summed E-state index contributed by atoms with van der Waals surface area (Å²) in [7, 11) is 0. The maximum atomic E-state index is 14.6. The number of nitrogens with one attached hydrogen (secondary N) is 1. The van der Waals surface area contributed by atoms with Crippen molar-refractivity contribution in [3.63, 3.8) is 0 Å². The topological polar surface area (TPSA) is 49.4 Å². The highest BCUT2D eigenvalue weighted by molar-refractivity contribution is 7.99. The van der Waals surface area contributed by atoms with Crippen LogP contribution < -0.4 is 5.32 Å². The summed E-state index contributed by atoms with van der Waals surface area (Å²) in [6.07, 6.45) is 0.355. The van der Waals surface area contributed by atoms with Gasteiger partial charge in [0.1, 0.15) is 11.9 Å². The van der Waals surface area contributed by atoms with Crippen LogP contribution in [0.2, 0.25) is 0 Å². The highest BCUT2D eigenvalue weighted by Gasteiger charge is 2.30. The van der Waals surface area contributed by atoms with Crippen molar-refractivity contribution in [2.75, 3.05) is 12.3 Å². The van der Waals surface area contributed by atoms with Crippen LogP contribution in [0.25, 0.3) is 0 Å². The van der Waals surface area contributed by atoms with E-state index in [2.05, 4.69) is 11.4 Å². The van der Waals surface area contributed by atoms with Gasteiger partial charge in [-0.05, 0) is 30.0 Å². The van der Waals surface area contributed by atoms with Gasteiger partial charge < -0.3 is 10.2 Å². The van der Waals surface area contributed by atoms with E-state index in [0.717, 1.165) is 11.1 Å². The molecule has 36 heavy (non-hydrogen) atoms. The molecule has 1 N–H and O–H groups in total. The number of hydrogen-bond acceptors (Lipinski definition) is 3. The van der Waals surface area contributed by atoms with E-state index in [1.165, 1.54) is 23.4 Å². The first-order chi connectivity index (χ1) is 17.3. The molecule has 3 aromatic rings. The first-order valence-electron chi connectivity index (χ1n) is 12.3. The molecule has 3 rings (SSSR count). The largest absolute Gasteiger partial charge is 0.354 e. The van der Waals surface area contributed by atoms with Gasteiger partial charge in [0.05, 0.1) is 5.75 Å². The van der Waals surface area contributed by atoms with E-state index in [0.29, 0.717) is 24.3 Å². The number of nitrogens with zero attached hydrogens (tertiary/aromatic N) is 1. The van der Waals surface area contributed by atoms with Gasteiger partial charge in [-0.2, -0.15) is 0 Å². The molecule has 3 aromatic carbocycles. The van der Waals surface area contributed by atoms with Crippen molar-refractivity contribution >= 4 is 23.6 Å². The highest BCUT2D eigenvalue weighted by Crippen LogP contribution is 2.20. The van der Waals surface area contributed by atoms with Gasteiger partial charge in [-0.15, -0.1) is 11.8 Å². The van der Waals surface area contributed by atoms with Crippen LogP contribution >= 0.6 is 11.8 Å². The molecule has 0 heterocycles. The first kappa shape index (κ1) is 27.5. The van der Waals surface area contributed by atoms with Gasteiger partial charge >= 0.3 is 0 Å². The van der Waals surface area contributed by atoms with Crippen molar-refractivity contribution < 1.29 is 14.0 Å². The molecule has 190 valence electrons. The molecular weight excluding hydrogens is 471 g/mol. The second-order valence-corrected chi connectivity index (χ2v) is 10.4. The van der Waals surface area contributed by atoms with E-state index in [-0.39, 0.29) is 35.8 Å². The van der Waals surface area contributed by atoms with Crippen LogP contribution in [0, 0.1) is 18.7 Å². The summed E-state index contributed by atoms with van der Waals surface area (Å²) < 4.78 is 14.6. The number of rotatable bonds is 12. The summed E-state index contributed by atoms with van der Waals surface area (Å²) in [6, 6.07) is 23.5. The number of hydrogen-bond donors (Lipinski definition) is 1. The number of thioether (sulfide) groups is 1. The predicted octanol–water partition coefficient (Wildman–Crippen LogP) is 5.78. The first-order valence-corrected chi connectivity index (χ1v) is 13.5. The summed E-state index contributed by atoms with van der Waals surface area (Å²) in [4.78, 5) is 28.5. The molecule has 0 aliphatic heterocycles. The smallest absolute Gasteiger partial charge is 0.243 e. The zero-order valence-electron chi connectivity index (χ0n) is 21.2. The van der Waals surface area contributed by atoms with Gasteiger partial charge in [0, 0.05) is 30.8 Å². The fourth-order valence-electron chi connectivity index (χ4n) is 3.93. The van der Waals surface area contributed by atoms with E-state index in [9.17, 15) is 14.0 Å². The number of carbonyl (C=O) groups excluding carboxylic acids is 2. The van der Waals surface area contributed by atoms with Gasteiger partial charge in [-0.25, -0.2) is 4.39 Å². The Morgan fingerprint density at radius 1 is 0.944 bits per heavy atom. The van der Waals surface area contributed by atoms with Gasteiger partial charge in [0.15, 0.2) is 0 Å². The molecule has 0 aliphatic carbocycles. The molecule has 0 radical (unpaired) electrons. The quantitative estimate of drug-likeness (QED) is 0.339. The lowest BCUT2D eigenvalue weighted by molar-refractivity contribution is -0.139. The normalized spacial score (nSPS) is 11.8. The average Bonchev–Trinajstić information content (AvgIpc) is 2.86. The van der Waals surface area contributed by atoms with Gasteiger partial charge in [-0.1, -0.05) is 92.2 Å². The van der Waals surface area contributed by atoms with Crippen molar-refractivity contribution in [1.82, 2.24) is 10.2 Å². The molecule has 6 heteroatoms. The molecule has 0 aromatic heterocycles. The third kappa shape index (κ3) is 8.52. The third-order valence-corrected chi connectivity index (χ3v) is 6.82. The summed E-state index contributed by atoms with van der Waals surface area (Å²) in [5.41, 5.74) is 3.65. The molecule has 0 unspecified atom stereocenters. The summed E-state index contributed by atoms with van der Waals surface area (Å²) >= 11 is 1.50. The molecule has 4 nitrogen and oxygen atoms in total. The van der Waals surface area contributed by atoms with Crippen molar-refractivity contribution in [2.24, 2.45) is 5.92 Å². The average molecular weight is 507 g/mol. The van der Waals surface area contributed by atoms with Crippen LogP contribution in [-0.4, -0.2) is 35.1 Å². The molecule has 0 fully saturated rings. The molecule has 0 saturated heterocycles. The van der Waals surface area contributed by atoms with Gasteiger partial charge in [0.25, 0.3) is 0 Å². The zero-order valence-corrected chi connectivity index (χ0v) is 22.1. The fourth-order valence-corrected chi connectivity index (χ4v) is 4.79. The second-order valence-electron chi connectivity index (χ2n) is 9.44. The summed E-state index contributed by atoms with van der Waals surface area (Å²) in [6.45, 7) is 6.63. The van der Waals surface area contributed by atoms with Gasteiger partial charge in [0.2, 0.25) is 11.8 Å². The van der Waals surface area contributed by atoms with Crippen LogP contribution in [0.3, 0.4) is 0 Å². The Bertz CT molecular complexity index is 1140. The van der Waals surface area contributed by atoms with Crippen molar-refractivity contribution in [3.05, 3.63) is 107 Å². The number of halogens is 1. The van der Waals surface area contributed by atoms with Crippen molar-refractivity contribution in [1.29, 1.82) is 0 Å². The minimum Gasteiger partial charge on any atom is -0.354 e. The predicted molar refractivity (Wildman–Crippen MR) is 146 cm³/mol. The maximum Gasteiger partial charge on any atom is 0.243 e. The number of carbonyl (C=O) groups is 2. The standard InChI is InChI=1S/C30H35FN2O2S/c1-22(2)18-32-30(35)28(17-24-11-5-4-6-12-24)33(19-26-14-7-8-15-27(26)31)29(34)21-36-20-25-13-9-10-23(3)16-25/h4-16,22,28H,17-21H2,1-3H3,(H,32,35)/t28-/m0/s1. The van der Waals surface area contributed by atoms with E-state index >= 15 is 0 Å². The van der Waals surface area contributed by atoms with Gasteiger partial charge in [-0.3, -0.25) is 9.59 Å². The van der Waals surface area contributed by atoms with E-state index in [4.69, 9.17) is 0 Å². The lowest BCUT2D eigenvalue weighted by Gasteiger charge is -2.32. The monoisotopic (exact) mass is 506 g/mol. The minimum absolute atomic E-state index is 0.0309. The minimum atomic E-state index is -0.752. The Balaban J connectivity index is 1.85. The van der Waals surface area contributed by atoms with Crippen LogP contribution in [0.4, 0.5) is 4.39 Å². The Labute approximate surface area is 218 Å². The summed E-state index contributed by atoms with van der Waals surface area (Å²) in [5.74, 6) is 0.364. The number of aryl methyl sites for hydroxylation is 1. The van der Waals surface area contributed by atoms with E-state index < -0.39 is 6.04 Å². The Morgan fingerprint density at radius 2 is 1.64 bits per heavy atom. The Kier molecular flexibility index (Phi) is 10.6. The molecule has 0 saturated carbocycles. The molecule has 0 bridgehead atoms. The zero-order chi connectivity index (χ0) is 25.9. The highest BCUT2D eigenvalue weighted by atomic mass is 32.2. The third-order valence-electron chi connectivity index (χ3n) is 5.83. The molecule has 0 aliphatic rings. The van der Waals surface area contributed by atoms with E-state index in [1.54, 1.807) is 23.1 Å². The van der Waals surface area contributed by atoms with Crippen LogP contribution in [0.1, 0.15) is 36.1 Å². The molecular formula is C30H35FN2O2S. The summed E-state index contributed by atoms with van der Waals surface area (Å²) in [5, 5.41) is 2.99. The lowest BCUT2D eigenvalue weighted by atomic mass is 10.0. The number of benzene rings is 3. The second kappa shape index (κ2) is 13.8. The number of amides is 2. The van der Waals surface area contributed by atoms with Crippen LogP contribution in [0.5, 0.6) is 0 Å². The van der Waals surface area contributed by atoms with Crippen molar-refractivity contribution in [2.45, 2.75) is 45.5 Å². The Morgan fingerprint density at radius 3 is 2.33 bits per heavy atom. The van der Waals surface area contributed by atoms with Crippen molar-refractivity contribution in [3.8, 4) is 0 Å². The Hall–Kier alpha value is -3.12. The fraction of sp³-hybridized carbons (Fsp3) is 0.333. The lowest BCUT2D eigenvalue weighted by Crippen LogP contribution is -2.51. The van der Waals surface area contributed by atoms with Crippen LogP contribution in [-0.2, 0) is 28.3 Å². The van der Waals surface area contributed by atoms with Crippen LogP contribution in [0.15, 0.2) is 78.9 Å². The molecule has 2 amide bonds. The maximum absolute atomic E-state index is 14.6.